The maximum Gasteiger partial charge on any atom is 0.303 e. The van der Waals surface area contributed by atoms with Crippen molar-refractivity contribution in [3.05, 3.63) is 0 Å². The number of carbonyl (C=O) groups is 13. The Morgan fingerprint density at radius 2 is 1.00 bits per heavy atom. The van der Waals surface area contributed by atoms with Gasteiger partial charge in [0.05, 0.1) is 18.6 Å². The second-order valence-corrected chi connectivity index (χ2v) is 20.9. The fraction of sp³-hybridized carbons (Fsp3) is 0.729. The molecule has 1 aliphatic heterocycles. The molecule has 0 unspecified atom stereocenters. The van der Waals surface area contributed by atoms with Crippen molar-refractivity contribution in [2.45, 2.75) is 185 Å². The van der Waals surface area contributed by atoms with Gasteiger partial charge < -0.3 is 85.3 Å². The molecule has 79 heavy (non-hydrogen) atoms. The third-order valence-corrected chi connectivity index (χ3v) is 13.0. The number of carbonyl (C=O) groups excluding carboxylic acids is 12. The van der Waals surface area contributed by atoms with Crippen molar-refractivity contribution in [1.82, 2.24) is 52.8 Å². The van der Waals surface area contributed by atoms with Crippen molar-refractivity contribution < 1.29 is 77.6 Å². The molecular weight excluding hydrogens is 1080 g/mol. The molecule has 0 spiro atoms. The van der Waals surface area contributed by atoms with Gasteiger partial charge in [0.1, 0.15) is 60.4 Å². The molecule has 12 atom stereocenters. The zero-order valence-electron chi connectivity index (χ0n) is 45.7. The fourth-order valence-electron chi connectivity index (χ4n) is 8.18. The lowest BCUT2D eigenvalue weighted by molar-refractivity contribution is -0.144. The van der Waals surface area contributed by atoms with Gasteiger partial charge in [-0.3, -0.25) is 62.3 Å². The number of hydrogen-bond acceptors (Lipinski definition) is 18. The van der Waals surface area contributed by atoms with Crippen molar-refractivity contribution in [3.8, 4) is 0 Å². The Labute approximate surface area is 469 Å². The van der Waals surface area contributed by atoms with E-state index in [1.54, 1.807) is 27.7 Å². The molecule has 1 saturated heterocycles. The highest BCUT2D eigenvalue weighted by Crippen LogP contribution is 2.21. The van der Waals surface area contributed by atoms with E-state index in [-0.39, 0.29) is 75.0 Å². The molecule has 31 heteroatoms. The second-order valence-electron chi connectivity index (χ2n) is 20.2. The van der Waals surface area contributed by atoms with E-state index in [4.69, 9.17) is 17.2 Å². The molecule has 0 bridgehead atoms. The first kappa shape index (κ1) is 70.7. The molecule has 448 valence electrons. The molecule has 1 fully saturated rings. The summed E-state index contributed by atoms with van der Waals surface area (Å²) in [5, 5.41) is 52.3. The summed E-state index contributed by atoms with van der Waals surface area (Å²) >= 11 is 8.03. The number of hydrogen-bond donors (Lipinski definition) is 17. The van der Waals surface area contributed by atoms with Crippen molar-refractivity contribution in [3.63, 3.8) is 0 Å². The lowest BCUT2D eigenvalue weighted by atomic mass is 10.0. The number of aliphatic hydroxyl groups excluding tert-OH is 2. The molecule has 1 rings (SSSR count). The SMILES string of the molecule is CC(=O)N[C@@H](CS)C(=O)N[C@H](C(=O)N[C@@H](CC(C)C)C(=O)N[C@@H](CCC(=O)O)C(=O)N1CCC[C@@H]1C(=O)N[C@@H](CC(N)=O)C(=O)N[C@@H](CCCCN)C(=O)N[C@@H](CC(C)C)C(=O)N[C@H](C(=O)N[C@@H](CS)C(N)=O)[C@@H](C)O)[C@@H](C)O. The molecule has 1 aliphatic rings. The number of thiol groups is 2. The smallest absolute Gasteiger partial charge is 0.303 e. The summed E-state index contributed by atoms with van der Waals surface area (Å²) in [7, 11) is 0. The van der Waals surface area contributed by atoms with E-state index >= 15 is 0 Å². The summed E-state index contributed by atoms with van der Waals surface area (Å²) in [4.78, 5) is 173. The lowest BCUT2D eigenvalue weighted by Crippen LogP contribution is -2.62. The van der Waals surface area contributed by atoms with Crippen LogP contribution in [-0.2, 0) is 62.3 Å². The van der Waals surface area contributed by atoms with Crippen LogP contribution in [0.5, 0.6) is 0 Å². The van der Waals surface area contributed by atoms with Crippen LogP contribution in [0.15, 0.2) is 0 Å². The monoisotopic (exact) mass is 1160 g/mol. The van der Waals surface area contributed by atoms with Gasteiger partial charge in [-0.15, -0.1) is 0 Å². The highest BCUT2D eigenvalue weighted by atomic mass is 32.1. The Kier molecular flexibility index (Phi) is 31.6. The summed E-state index contributed by atoms with van der Waals surface area (Å²) in [6.07, 6.45) is -4.36. The van der Waals surface area contributed by atoms with Crippen molar-refractivity contribution in [2.75, 3.05) is 24.6 Å². The molecule has 0 aromatic rings. The van der Waals surface area contributed by atoms with Crippen LogP contribution in [0.1, 0.15) is 113 Å². The molecule has 0 saturated carbocycles. The number of nitrogens with two attached hydrogens (primary N) is 3. The topological polar surface area (TPSA) is 472 Å². The standard InChI is InChI=1S/C48H83N13O16S2/c1-22(2)17-29(57-46(75)37(24(5)62)60-44(73)33(21-79)52-26(7)64)41(70)54-28(13-14-36(66)67)48(77)61-16-10-12-34(61)45(74)56-31(19-35(50)65)42(71)53-27(11-8-9-15-49)40(69)55-30(18-23(3)4)43(72)59-38(25(6)63)47(76)58-32(20-78)39(51)68/h22-25,27-34,37-38,62-63,78-79H,8-21,49H2,1-7H3,(H2,50,65)(H2,51,68)(H,52,64)(H,53,71)(H,54,70)(H,55,69)(H,56,74)(H,57,75)(H,58,76)(H,59,72)(H,60,73)(H,66,67)/t24-,25-,27+,28+,29+,30+,31+,32+,33+,34-,37+,38+/m1/s1. The Hall–Kier alpha value is -6.31. The molecule has 0 aliphatic carbocycles. The van der Waals surface area contributed by atoms with Crippen molar-refractivity contribution in [2.24, 2.45) is 29.0 Å². The first-order chi connectivity index (χ1) is 36.9. The normalized spacial score (nSPS) is 17.3. The average molecular weight is 1160 g/mol. The summed E-state index contributed by atoms with van der Waals surface area (Å²) in [6, 6.07) is -14.7. The molecule has 29 nitrogen and oxygen atoms in total. The Morgan fingerprint density at radius 3 is 1.44 bits per heavy atom. The number of carboxylic acid groups (broad SMARTS) is 1. The predicted molar refractivity (Wildman–Crippen MR) is 291 cm³/mol. The van der Waals surface area contributed by atoms with E-state index < -0.39 is 169 Å². The molecule has 12 amide bonds. The van der Waals surface area contributed by atoms with E-state index in [0.29, 0.717) is 6.42 Å². The van der Waals surface area contributed by atoms with Gasteiger partial charge in [0.25, 0.3) is 0 Å². The van der Waals surface area contributed by atoms with Gasteiger partial charge in [0.15, 0.2) is 0 Å². The number of primary amides is 2. The molecule has 0 radical (unpaired) electrons. The maximum absolute atomic E-state index is 14.4. The van der Waals surface area contributed by atoms with E-state index in [2.05, 4.69) is 73.1 Å². The van der Waals surface area contributed by atoms with E-state index in [0.717, 1.165) is 11.8 Å². The third kappa shape index (κ3) is 25.1. The predicted octanol–water partition coefficient (Wildman–Crippen LogP) is -5.57. The number of carboxylic acids is 1. The minimum Gasteiger partial charge on any atom is -0.481 e. The van der Waals surface area contributed by atoms with Gasteiger partial charge in [0, 0.05) is 31.4 Å². The highest BCUT2D eigenvalue weighted by Gasteiger charge is 2.41. The van der Waals surface area contributed by atoms with Crippen LogP contribution in [-0.4, -0.2) is 194 Å². The molecular formula is C48H83N13O16S2. The quantitative estimate of drug-likeness (QED) is 0.0205. The minimum atomic E-state index is -1.76. The molecule has 0 aromatic carbocycles. The zero-order chi connectivity index (χ0) is 60.4. The number of amides is 12. The van der Waals surface area contributed by atoms with Gasteiger partial charge in [-0.1, -0.05) is 27.7 Å². The van der Waals surface area contributed by atoms with Gasteiger partial charge in [-0.2, -0.15) is 25.3 Å². The first-order valence-corrected chi connectivity index (χ1v) is 27.2. The first-order valence-electron chi connectivity index (χ1n) is 26.0. The van der Waals surface area contributed by atoms with Crippen LogP contribution in [0.2, 0.25) is 0 Å². The van der Waals surface area contributed by atoms with E-state index in [1.165, 1.54) is 13.8 Å². The van der Waals surface area contributed by atoms with Crippen LogP contribution in [0.3, 0.4) is 0 Å². The fourth-order valence-corrected chi connectivity index (χ4v) is 8.71. The number of unbranched alkanes of at least 4 members (excludes halogenated alkanes) is 1. The highest BCUT2D eigenvalue weighted by molar-refractivity contribution is 7.80. The lowest BCUT2D eigenvalue weighted by Gasteiger charge is -2.31. The number of nitrogens with zero attached hydrogens (tertiary/aromatic N) is 1. The van der Waals surface area contributed by atoms with Crippen molar-refractivity contribution in [1.29, 1.82) is 0 Å². The number of likely N-dealkylation sites (tertiary alicyclic amines) is 1. The Balaban J connectivity index is 3.50. The van der Waals surface area contributed by atoms with Gasteiger partial charge >= 0.3 is 5.97 Å². The molecule has 0 aromatic heterocycles. The number of rotatable bonds is 36. The van der Waals surface area contributed by atoms with Gasteiger partial charge in [-0.25, -0.2) is 0 Å². The minimum absolute atomic E-state index is 0.0154. The largest absolute Gasteiger partial charge is 0.481 e. The zero-order valence-corrected chi connectivity index (χ0v) is 47.5. The van der Waals surface area contributed by atoms with Crippen LogP contribution < -0.4 is 65.1 Å². The number of nitrogens with one attached hydrogen (secondary N) is 9. The van der Waals surface area contributed by atoms with E-state index in [9.17, 15) is 77.6 Å². The summed E-state index contributed by atoms with van der Waals surface area (Å²) < 4.78 is 0. The van der Waals surface area contributed by atoms with Crippen LogP contribution in [0.4, 0.5) is 0 Å². The molecule has 18 N–H and O–H groups in total. The van der Waals surface area contributed by atoms with Crippen LogP contribution >= 0.6 is 25.3 Å². The summed E-state index contributed by atoms with van der Waals surface area (Å²) in [6.45, 7) is 10.5. The van der Waals surface area contributed by atoms with E-state index in [1.807, 2.05) is 0 Å². The van der Waals surface area contributed by atoms with Crippen LogP contribution in [0, 0.1) is 11.8 Å². The van der Waals surface area contributed by atoms with Gasteiger partial charge in [0.2, 0.25) is 70.9 Å². The third-order valence-electron chi connectivity index (χ3n) is 12.2. The Bertz CT molecular complexity index is 2160. The average Bonchev–Trinajstić information content (AvgIpc) is 3.85. The van der Waals surface area contributed by atoms with Crippen molar-refractivity contribution >= 4 is 102 Å². The summed E-state index contributed by atoms with van der Waals surface area (Å²) in [5.41, 5.74) is 16.5. The van der Waals surface area contributed by atoms with Gasteiger partial charge in [-0.05, 0) is 83.6 Å². The molecule has 1 heterocycles. The Morgan fingerprint density at radius 1 is 0.557 bits per heavy atom. The number of aliphatic carboxylic acids is 1. The van der Waals surface area contributed by atoms with Crippen LogP contribution in [0.25, 0.3) is 0 Å². The second kappa shape index (κ2) is 35.3. The maximum atomic E-state index is 14.4. The summed E-state index contributed by atoms with van der Waals surface area (Å²) in [5.74, 6) is -13.5. The number of aliphatic hydroxyl groups is 2.